The first-order chi connectivity index (χ1) is 16.5. The summed E-state index contributed by atoms with van der Waals surface area (Å²) in [5.74, 6) is -0.366. The maximum Gasteiger partial charge on any atom is 0.586 e. The van der Waals surface area contributed by atoms with Gasteiger partial charge in [-0.1, -0.05) is 24.3 Å². The third kappa shape index (κ3) is 4.23. The van der Waals surface area contributed by atoms with Crippen LogP contribution in [0.15, 0.2) is 65.6 Å². The van der Waals surface area contributed by atoms with Gasteiger partial charge in [-0.25, -0.2) is 13.1 Å². The lowest BCUT2D eigenvalue weighted by Gasteiger charge is -2.17. The number of carbonyl (C=O) groups excluding carboxylic acids is 1. The van der Waals surface area contributed by atoms with Gasteiger partial charge in [0.05, 0.1) is 10.3 Å². The zero-order chi connectivity index (χ0) is 25.0. The molecule has 0 radical (unpaired) electrons. The molecule has 0 unspecified atom stereocenters. The molecule has 1 saturated carbocycles. The molecule has 2 aliphatic rings. The number of hydrogen-bond acceptors (Lipinski definition) is 5. The first kappa shape index (κ1) is 23.3. The van der Waals surface area contributed by atoms with Crippen LogP contribution in [-0.4, -0.2) is 27.7 Å². The molecule has 5 rings (SSSR count). The lowest BCUT2D eigenvalue weighted by molar-refractivity contribution is -0.286. The van der Waals surface area contributed by atoms with Crippen LogP contribution < -0.4 is 19.5 Å². The second kappa shape index (κ2) is 8.03. The first-order valence-corrected chi connectivity index (χ1v) is 12.4. The Kier molecular flexibility index (Phi) is 5.33. The fourth-order valence-corrected chi connectivity index (χ4v) is 5.00. The highest BCUT2D eigenvalue weighted by Gasteiger charge is 2.52. The summed E-state index contributed by atoms with van der Waals surface area (Å²) in [6.07, 6.45) is -2.53. The number of ether oxygens (including phenoxy) is 2. The van der Waals surface area contributed by atoms with Crippen molar-refractivity contribution in [1.29, 1.82) is 0 Å². The number of amides is 1. The van der Waals surface area contributed by atoms with Crippen molar-refractivity contribution in [3.8, 4) is 22.6 Å². The monoisotopic (exact) mass is 500 g/mol. The van der Waals surface area contributed by atoms with Gasteiger partial charge < -0.3 is 14.8 Å². The number of benzene rings is 3. The molecule has 1 amide bonds. The highest BCUT2D eigenvalue weighted by atomic mass is 32.2. The molecule has 182 valence electrons. The van der Waals surface area contributed by atoms with Gasteiger partial charge in [0.15, 0.2) is 11.5 Å². The molecule has 1 fully saturated rings. The number of anilines is 1. The summed E-state index contributed by atoms with van der Waals surface area (Å²) in [7, 11) is -2.16. The maximum atomic E-state index is 13.4. The maximum absolute atomic E-state index is 13.4. The van der Waals surface area contributed by atoms with Crippen LogP contribution in [0.3, 0.4) is 0 Å². The molecule has 3 aromatic carbocycles. The van der Waals surface area contributed by atoms with Crippen LogP contribution in [0.2, 0.25) is 0 Å². The van der Waals surface area contributed by atoms with Gasteiger partial charge in [-0.15, -0.1) is 8.78 Å². The van der Waals surface area contributed by atoms with Gasteiger partial charge in [0.1, 0.15) is 0 Å². The lowest BCUT2D eigenvalue weighted by Crippen LogP contribution is -2.28. The molecule has 7 nitrogen and oxygen atoms in total. The summed E-state index contributed by atoms with van der Waals surface area (Å²) in [4.78, 5) is 13.3. The number of rotatable bonds is 6. The van der Waals surface area contributed by atoms with Crippen molar-refractivity contribution in [2.45, 2.75) is 36.4 Å². The van der Waals surface area contributed by atoms with Crippen LogP contribution >= 0.6 is 0 Å². The van der Waals surface area contributed by atoms with Crippen molar-refractivity contribution in [2.24, 2.45) is 0 Å². The molecule has 1 aliphatic heterocycles. The van der Waals surface area contributed by atoms with E-state index in [0.717, 1.165) is 16.7 Å². The Labute approximate surface area is 201 Å². The molecular formula is C25H22F2N2O5S. The Balaban J connectivity index is 1.34. The van der Waals surface area contributed by atoms with Crippen LogP contribution in [-0.2, 0) is 20.2 Å². The van der Waals surface area contributed by atoms with Crippen molar-refractivity contribution in [3.63, 3.8) is 0 Å². The largest absolute Gasteiger partial charge is 0.586 e. The van der Waals surface area contributed by atoms with E-state index in [1.807, 2.05) is 19.1 Å². The van der Waals surface area contributed by atoms with Crippen molar-refractivity contribution in [3.05, 3.63) is 71.8 Å². The second-order valence-corrected chi connectivity index (χ2v) is 10.5. The Bertz CT molecular complexity index is 1430. The van der Waals surface area contributed by atoms with E-state index in [4.69, 9.17) is 0 Å². The summed E-state index contributed by atoms with van der Waals surface area (Å²) in [5, 5.41) is 2.94. The minimum absolute atomic E-state index is 0.0576. The van der Waals surface area contributed by atoms with E-state index in [2.05, 4.69) is 19.5 Å². The third-order valence-electron chi connectivity index (χ3n) is 6.37. The van der Waals surface area contributed by atoms with Gasteiger partial charge >= 0.3 is 6.29 Å². The highest BCUT2D eigenvalue weighted by Crippen LogP contribution is 2.52. The van der Waals surface area contributed by atoms with Gasteiger partial charge in [-0.05, 0) is 85.5 Å². The van der Waals surface area contributed by atoms with Gasteiger partial charge in [0.25, 0.3) is 0 Å². The van der Waals surface area contributed by atoms with Crippen LogP contribution in [0.25, 0.3) is 11.1 Å². The molecule has 0 saturated heterocycles. The summed E-state index contributed by atoms with van der Waals surface area (Å²) < 4.78 is 61.8. The number of carbonyl (C=O) groups is 1. The number of sulfonamides is 1. The van der Waals surface area contributed by atoms with Crippen LogP contribution in [0.1, 0.15) is 24.0 Å². The van der Waals surface area contributed by atoms with Crippen molar-refractivity contribution in [1.82, 2.24) is 4.72 Å². The van der Waals surface area contributed by atoms with E-state index in [0.29, 0.717) is 24.1 Å². The van der Waals surface area contributed by atoms with Crippen LogP contribution in [0.5, 0.6) is 11.5 Å². The van der Waals surface area contributed by atoms with E-state index in [9.17, 15) is 22.0 Å². The standard InChI is InChI=1S/C25H22F2N2O5S/c1-15-13-18(6-9-20(15)16-3-7-19(8-4-16)35(31,32)28-2)29-23(30)24(11-12-24)17-5-10-21-22(14-17)34-25(26,27)33-21/h3-10,13-14,28H,11-12H2,1-2H3,(H,29,30). The van der Waals surface area contributed by atoms with E-state index in [-0.39, 0.29) is 22.3 Å². The smallest absolute Gasteiger partial charge is 0.395 e. The number of fused-ring (bicyclic) bond motifs is 1. The number of hydrogen-bond donors (Lipinski definition) is 2. The molecule has 0 spiro atoms. The highest BCUT2D eigenvalue weighted by molar-refractivity contribution is 7.89. The minimum Gasteiger partial charge on any atom is -0.395 e. The molecule has 0 atom stereocenters. The Morgan fingerprint density at radius 1 is 0.943 bits per heavy atom. The Morgan fingerprint density at radius 3 is 2.26 bits per heavy atom. The molecule has 2 N–H and O–H groups in total. The van der Waals surface area contributed by atoms with Crippen LogP contribution in [0, 0.1) is 6.92 Å². The van der Waals surface area contributed by atoms with Gasteiger partial charge in [-0.3, -0.25) is 4.79 Å². The van der Waals surface area contributed by atoms with E-state index in [1.54, 1.807) is 24.3 Å². The van der Waals surface area contributed by atoms with Gasteiger partial charge in [-0.2, -0.15) is 0 Å². The fraction of sp³-hybridized carbons (Fsp3) is 0.240. The average molecular weight is 501 g/mol. The predicted octanol–water partition coefficient (Wildman–Crippen LogP) is 4.56. The zero-order valence-electron chi connectivity index (χ0n) is 18.9. The molecule has 0 bridgehead atoms. The van der Waals surface area contributed by atoms with Gasteiger partial charge in [0, 0.05) is 5.69 Å². The SMILES string of the molecule is CNS(=O)(=O)c1ccc(-c2ccc(NC(=O)C3(c4ccc5c(c4)OC(F)(F)O5)CC3)cc2C)cc1. The number of aryl methyl sites for hydroxylation is 1. The first-order valence-electron chi connectivity index (χ1n) is 10.9. The lowest BCUT2D eigenvalue weighted by atomic mass is 9.94. The third-order valence-corrected chi connectivity index (χ3v) is 7.80. The van der Waals surface area contributed by atoms with E-state index in [1.165, 1.54) is 31.3 Å². The minimum atomic E-state index is -3.71. The normalized spacial score (nSPS) is 17.1. The van der Waals surface area contributed by atoms with Crippen molar-refractivity contribution < 1.29 is 31.5 Å². The quantitative estimate of drug-likeness (QED) is 0.518. The van der Waals surface area contributed by atoms with E-state index >= 15 is 0 Å². The predicted molar refractivity (Wildman–Crippen MR) is 125 cm³/mol. The number of alkyl halides is 2. The van der Waals surface area contributed by atoms with E-state index < -0.39 is 21.7 Å². The van der Waals surface area contributed by atoms with Crippen molar-refractivity contribution in [2.75, 3.05) is 12.4 Å². The molecule has 35 heavy (non-hydrogen) atoms. The van der Waals surface area contributed by atoms with Crippen molar-refractivity contribution >= 4 is 21.6 Å². The van der Waals surface area contributed by atoms with Crippen LogP contribution in [0.4, 0.5) is 14.5 Å². The summed E-state index contributed by atoms with van der Waals surface area (Å²) in [6, 6.07) is 16.4. The van der Waals surface area contributed by atoms with Gasteiger partial charge in [0.2, 0.25) is 15.9 Å². The molecule has 0 aromatic heterocycles. The summed E-state index contributed by atoms with van der Waals surface area (Å²) >= 11 is 0. The molecule has 3 aromatic rings. The topological polar surface area (TPSA) is 93.7 Å². The fourth-order valence-electron chi connectivity index (χ4n) is 4.27. The Hall–Kier alpha value is -3.50. The number of halogens is 2. The summed E-state index contributed by atoms with van der Waals surface area (Å²) in [6.45, 7) is 1.90. The zero-order valence-corrected chi connectivity index (χ0v) is 19.7. The molecule has 1 heterocycles. The molecule has 10 heteroatoms. The summed E-state index contributed by atoms with van der Waals surface area (Å²) in [5.41, 5.74) is 3.02. The number of nitrogens with one attached hydrogen (secondary N) is 2. The Morgan fingerprint density at radius 2 is 1.63 bits per heavy atom. The average Bonchev–Trinajstić information content (AvgIpc) is 3.56. The molecule has 1 aliphatic carbocycles. The second-order valence-electron chi connectivity index (χ2n) is 8.63. The molecular weight excluding hydrogens is 478 g/mol.